The molecule has 2 heterocycles. The Balaban J connectivity index is 1.59. The highest BCUT2D eigenvalue weighted by Gasteiger charge is 2.21. The average Bonchev–Trinajstić information content (AvgIpc) is 3.21. The molecule has 6 nitrogen and oxygen atoms in total. The molecule has 0 saturated carbocycles. The van der Waals surface area contributed by atoms with Crippen LogP contribution in [-0.2, 0) is 30.6 Å². The quantitative estimate of drug-likeness (QED) is 0.242. The molecule has 0 atom stereocenters. The molecular formula is C30H34ClN3O3. The molecule has 0 amide bonds. The Labute approximate surface area is 223 Å². The van der Waals surface area contributed by atoms with Crippen molar-refractivity contribution in [2.24, 2.45) is 5.92 Å². The largest absolute Gasteiger partial charge is 0.471 e. The lowest BCUT2D eigenvalue weighted by Gasteiger charge is -2.19. The van der Waals surface area contributed by atoms with Crippen molar-refractivity contribution in [2.45, 2.75) is 66.1 Å². The standard InChI is InChI=1S/C30H34ClN3O3/c1-20(2)17-25-28(36-19-21-11-7-6-8-12-21)33-24(27(31)32-25)16-15-22-18-34(29(35)37-30(3,4)5)26-14-10-9-13-23(22)26/h6-14,18,20H,15-17,19H2,1-5H3. The maximum Gasteiger partial charge on any atom is 0.419 e. The third-order valence-corrected chi connectivity index (χ3v) is 6.09. The van der Waals surface area contributed by atoms with Gasteiger partial charge in [-0.05, 0) is 63.1 Å². The summed E-state index contributed by atoms with van der Waals surface area (Å²) in [5.41, 5.74) is 3.74. The number of ether oxygens (including phenoxy) is 2. The van der Waals surface area contributed by atoms with Gasteiger partial charge < -0.3 is 9.47 Å². The summed E-state index contributed by atoms with van der Waals surface area (Å²) in [5.74, 6) is 0.905. The van der Waals surface area contributed by atoms with Crippen LogP contribution in [0.25, 0.3) is 10.9 Å². The third kappa shape index (κ3) is 6.89. The third-order valence-electron chi connectivity index (χ3n) is 5.79. The van der Waals surface area contributed by atoms with E-state index >= 15 is 0 Å². The first-order valence-corrected chi connectivity index (χ1v) is 13.0. The SMILES string of the molecule is CC(C)Cc1nc(Cl)c(CCc2cn(C(=O)OC(C)(C)C)c3ccccc23)nc1OCc1ccccc1. The van der Waals surface area contributed by atoms with E-state index in [1.54, 1.807) is 4.57 Å². The summed E-state index contributed by atoms with van der Waals surface area (Å²) in [7, 11) is 0. The molecule has 7 heteroatoms. The van der Waals surface area contributed by atoms with E-state index in [4.69, 9.17) is 26.1 Å². The van der Waals surface area contributed by atoms with Crippen LogP contribution in [0.3, 0.4) is 0 Å². The molecule has 0 N–H and O–H groups in total. The summed E-state index contributed by atoms with van der Waals surface area (Å²) in [6.45, 7) is 10.2. The van der Waals surface area contributed by atoms with Crippen molar-refractivity contribution in [1.82, 2.24) is 14.5 Å². The van der Waals surface area contributed by atoms with Gasteiger partial charge in [0.15, 0.2) is 5.15 Å². The number of halogens is 1. The molecule has 0 saturated heterocycles. The molecule has 2 aromatic carbocycles. The van der Waals surface area contributed by atoms with Crippen LogP contribution in [0.5, 0.6) is 5.88 Å². The number of para-hydroxylation sites is 1. The second kappa shape index (κ2) is 11.3. The fraction of sp³-hybridized carbons (Fsp3) is 0.367. The number of aromatic nitrogens is 3. The minimum absolute atomic E-state index is 0.384. The topological polar surface area (TPSA) is 66.2 Å². The molecule has 37 heavy (non-hydrogen) atoms. The summed E-state index contributed by atoms with van der Waals surface area (Å²) >= 11 is 6.61. The van der Waals surface area contributed by atoms with Crippen molar-refractivity contribution in [3.8, 4) is 5.88 Å². The van der Waals surface area contributed by atoms with Gasteiger partial charge in [0, 0.05) is 11.6 Å². The maximum absolute atomic E-state index is 12.9. The van der Waals surface area contributed by atoms with E-state index in [9.17, 15) is 4.79 Å². The zero-order chi connectivity index (χ0) is 26.6. The molecule has 194 valence electrons. The molecule has 4 rings (SSSR count). The molecule has 0 aliphatic carbocycles. The summed E-state index contributed by atoms with van der Waals surface area (Å²) in [4.78, 5) is 22.3. The predicted molar refractivity (Wildman–Crippen MR) is 147 cm³/mol. The number of fused-ring (bicyclic) bond motifs is 1. The first kappa shape index (κ1) is 26.7. The molecular weight excluding hydrogens is 486 g/mol. The van der Waals surface area contributed by atoms with E-state index in [1.165, 1.54) is 0 Å². The van der Waals surface area contributed by atoms with Gasteiger partial charge in [-0.15, -0.1) is 0 Å². The Morgan fingerprint density at radius 2 is 1.68 bits per heavy atom. The summed E-state index contributed by atoms with van der Waals surface area (Å²) < 4.78 is 13.3. The fourth-order valence-electron chi connectivity index (χ4n) is 4.15. The number of carbonyl (C=O) groups is 1. The molecule has 0 spiro atoms. The molecule has 2 aromatic heterocycles. The van der Waals surface area contributed by atoms with Gasteiger partial charge in [-0.2, -0.15) is 0 Å². The van der Waals surface area contributed by atoms with Crippen LogP contribution in [0.2, 0.25) is 5.15 Å². The highest BCUT2D eigenvalue weighted by molar-refractivity contribution is 6.30. The van der Waals surface area contributed by atoms with Gasteiger partial charge >= 0.3 is 6.09 Å². The van der Waals surface area contributed by atoms with Gasteiger partial charge in [0.25, 0.3) is 0 Å². The van der Waals surface area contributed by atoms with Crippen molar-refractivity contribution in [1.29, 1.82) is 0 Å². The van der Waals surface area contributed by atoms with Gasteiger partial charge in [0.05, 0.1) is 11.2 Å². The maximum atomic E-state index is 12.9. The van der Waals surface area contributed by atoms with Crippen LogP contribution in [0, 0.1) is 5.92 Å². The van der Waals surface area contributed by atoms with Gasteiger partial charge in [0.2, 0.25) is 5.88 Å². The Bertz CT molecular complexity index is 1370. The van der Waals surface area contributed by atoms with Crippen LogP contribution in [0.4, 0.5) is 4.79 Å². The lowest BCUT2D eigenvalue weighted by Crippen LogP contribution is -2.26. The zero-order valence-electron chi connectivity index (χ0n) is 22.1. The monoisotopic (exact) mass is 519 g/mol. The van der Waals surface area contributed by atoms with Crippen LogP contribution in [0.15, 0.2) is 60.8 Å². The number of aryl methyl sites for hydroxylation is 2. The number of benzene rings is 2. The Kier molecular flexibility index (Phi) is 8.18. The molecule has 0 aliphatic heterocycles. The first-order chi connectivity index (χ1) is 17.6. The smallest absolute Gasteiger partial charge is 0.419 e. The van der Waals surface area contributed by atoms with Crippen LogP contribution in [0.1, 0.15) is 57.1 Å². The van der Waals surface area contributed by atoms with Gasteiger partial charge in [-0.25, -0.2) is 14.8 Å². The zero-order valence-corrected chi connectivity index (χ0v) is 22.9. The number of hydrogen-bond acceptors (Lipinski definition) is 5. The lowest BCUT2D eigenvalue weighted by molar-refractivity contribution is 0.0544. The first-order valence-electron chi connectivity index (χ1n) is 12.6. The summed E-state index contributed by atoms with van der Waals surface area (Å²) in [6.07, 6.45) is 3.35. The molecule has 0 fully saturated rings. The van der Waals surface area contributed by atoms with E-state index in [0.717, 1.165) is 34.1 Å². The molecule has 4 aromatic rings. The number of hydrogen-bond donors (Lipinski definition) is 0. The second-order valence-electron chi connectivity index (χ2n) is 10.6. The van der Waals surface area contributed by atoms with E-state index in [0.29, 0.717) is 42.1 Å². The minimum atomic E-state index is -0.584. The number of rotatable bonds is 8. The highest BCUT2D eigenvalue weighted by atomic mass is 35.5. The van der Waals surface area contributed by atoms with E-state index < -0.39 is 11.7 Å². The summed E-state index contributed by atoms with van der Waals surface area (Å²) in [6, 6.07) is 17.8. The van der Waals surface area contributed by atoms with Crippen molar-refractivity contribution in [2.75, 3.05) is 0 Å². The predicted octanol–water partition coefficient (Wildman–Crippen LogP) is 7.43. The lowest BCUT2D eigenvalue weighted by atomic mass is 10.1. The number of nitrogens with zero attached hydrogens (tertiary/aromatic N) is 3. The van der Waals surface area contributed by atoms with E-state index in [-0.39, 0.29) is 0 Å². The number of carbonyl (C=O) groups excluding carboxylic acids is 1. The average molecular weight is 520 g/mol. The van der Waals surface area contributed by atoms with Gasteiger partial charge in [0.1, 0.15) is 17.9 Å². The highest BCUT2D eigenvalue weighted by Crippen LogP contribution is 2.27. The van der Waals surface area contributed by atoms with E-state index in [2.05, 4.69) is 18.8 Å². The van der Waals surface area contributed by atoms with Gasteiger partial charge in [-0.1, -0.05) is 74.0 Å². The molecule has 0 aliphatic rings. The normalized spacial score (nSPS) is 11.8. The van der Waals surface area contributed by atoms with E-state index in [1.807, 2.05) is 81.6 Å². The van der Waals surface area contributed by atoms with Crippen molar-refractivity contribution in [3.63, 3.8) is 0 Å². The molecule has 0 bridgehead atoms. The van der Waals surface area contributed by atoms with Crippen molar-refractivity contribution >= 4 is 28.6 Å². The second-order valence-corrected chi connectivity index (χ2v) is 11.0. The van der Waals surface area contributed by atoms with Crippen molar-refractivity contribution < 1.29 is 14.3 Å². The van der Waals surface area contributed by atoms with Gasteiger partial charge in [-0.3, -0.25) is 4.57 Å². The Hall–Kier alpha value is -3.38. The van der Waals surface area contributed by atoms with Crippen LogP contribution < -0.4 is 4.74 Å². The minimum Gasteiger partial charge on any atom is -0.471 e. The molecule has 0 radical (unpaired) electrons. The Morgan fingerprint density at radius 1 is 0.973 bits per heavy atom. The summed E-state index contributed by atoms with van der Waals surface area (Å²) in [5, 5.41) is 1.38. The molecule has 0 unspecified atom stereocenters. The van der Waals surface area contributed by atoms with Crippen LogP contribution in [-0.4, -0.2) is 26.2 Å². The van der Waals surface area contributed by atoms with Crippen LogP contribution >= 0.6 is 11.6 Å². The Morgan fingerprint density at radius 3 is 2.38 bits per heavy atom. The van der Waals surface area contributed by atoms with Crippen molar-refractivity contribution in [3.05, 3.63) is 88.5 Å². The fourth-order valence-corrected chi connectivity index (χ4v) is 4.39.